The number of aromatic amines is 1. The lowest BCUT2D eigenvalue weighted by atomic mass is 10.0. The minimum absolute atomic E-state index is 0.0975. The Labute approximate surface area is 249 Å². The standard InChI is InChI=1S/C29H36F2N8O3S/c1-37-9-11-38(12-10-37)22-4-5-24(27(16-22)33-21-3-2-7-32-17-21)29(40)34-28-25-18-39(8-6-26(25)35-36-28)43(41,42)23-14-19(30)13-20(31)15-23/h4-5,13-16,21,32-33H,2-3,6-12,17-18H2,1H3,(H2,34,35,36,40). The smallest absolute Gasteiger partial charge is 0.258 e. The third-order valence-electron chi connectivity index (χ3n) is 8.38. The van der Waals surface area contributed by atoms with E-state index in [1.165, 1.54) is 0 Å². The fourth-order valence-corrected chi connectivity index (χ4v) is 7.34. The van der Waals surface area contributed by atoms with Crippen LogP contribution in [0.5, 0.6) is 0 Å². The van der Waals surface area contributed by atoms with Crippen LogP contribution in [0.25, 0.3) is 0 Å². The third kappa shape index (κ3) is 6.37. The number of rotatable bonds is 7. The zero-order valence-electron chi connectivity index (χ0n) is 24.0. The molecule has 1 amide bonds. The molecular formula is C29H36F2N8O3S. The summed E-state index contributed by atoms with van der Waals surface area (Å²) in [6.45, 7) is 5.47. The molecule has 4 heterocycles. The Bertz CT molecular complexity index is 1580. The SMILES string of the molecule is CN1CCN(c2ccc(C(=O)Nc3n[nH]c4c3CN(S(=O)(=O)c3cc(F)cc(F)c3)CC4)c(NC3CCCNC3)c2)CC1. The fraction of sp³-hybridized carbons (Fsp3) is 0.448. The summed E-state index contributed by atoms with van der Waals surface area (Å²) < 4.78 is 55.3. The van der Waals surface area contributed by atoms with E-state index < -0.39 is 26.6 Å². The molecule has 14 heteroatoms. The highest BCUT2D eigenvalue weighted by atomic mass is 32.2. The van der Waals surface area contributed by atoms with Gasteiger partial charge >= 0.3 is 0 Å². The van der Waals surface area contributed by atoms with Crippen molar-refractivity contribution in [2.75, 3.05) is 68.4 Å². The highest BCUT2D eigenvalue weighted by molar-refractivity contribution is 7.89. The van der Waals surface area contributed by atoms with Crippen LogP contribution >= 0.6 is 0 Å². The molecule has 1 unspecified atom stereocenters. The molecule has 3 aliphatic rings. The molecule has 0 aliphatic carbocycles. The first-order chi connectivity index (χ1) is 20.7. The van der Waals surface area contributed by atoms with Crippen molar-refractivity contribution < 1.29 is 22.0 Å². The van der Waals surface area contributed by atoms with E-state index in [1.807, 2.05) is 18.2 Å². The van der Waals surface area contributed by atoms with Crippen LogP contribution in [0.3, 0.4) is 0 Å². The van der Waals surface area contributed by atoms with Crippen LogP contribution in [0, 0.1) is 11.6 Å². The van der Waals surface area contributed by atoms with Crippen LogP contribution < -0.4 is 20.9 Å². The molecule has 230 valence electrons. The number of hydrogen-bond donors (Lipinski definition) is 4. The number of piperazine rings is 1. The lowest BCUT2D eigenvalue weighted by molar-refractivity contribution is 0.102. The normalized spacial score (nSPS) is 20.1. The summed E-state index contributed by atoms with van der Waals surface area (Å²) in [6.07, 6.45) is 2.33. The van der Waals surface area contributed by atoms with Gasteiger partial charge < -0.3 is 25.8 Å². The van der Waals surface area contributed by atoms with Gasteiger partial charge in [0.05, 0.1) is 10.5 Å². The summed E-state index contributed by atoms with van der Waals surface area (Å²) in [6, 6.07) is 8.20. The quantitative estimate of drug-likeness (QED) is 0.320. The van der Waals surface area contributed by atoms with E-state index in [0.717, 1.165) is 79.9 Å². The molecule has 3 aromatic rings. The van der Waals surface area contributed by atoms with E-state index in [-0.39, 0.29) is 30.9 Å². The van der Waals surface area contributed by atoms with Gasteiger partial charge in [0.1, 0.15) is 11.6 Å². The molecule has 0 bridgehead atoms. The molecule has 43 heavy (non-hydrogen) atoms. The number of carbonyl (C=O) groups excluding carboxylic acids is 1. The maximum Gasteiger partial charge on any atom is 0.258 e. The summed E-state index contributed by atoms with van der Waals surface area (Å²) >= 11 is 0. The summed E-state index contributed by atoms with van der Waals surface area (Å²) in [5.41, 5.74) is 3.44. The van der Waals surface area contributed by atoms with Gasteiger partial charge in [-0.3, -0.25) is 9.89 Å². The predicted molar refractivity (Wildman–Crippen MR) is 160 cm³/mol. The number of halogens is 2. The van der Waals surface area contributed by atoms with E-state index in [9.17, 15) is 22.0 Å². The van der Waals surface area contributed by atoms with Crippen molar-refractivity contribution in [1.82, 2.24) is 24.7 Å². The molecule has 2 saturated heterocycles. The number of nitrogens with zero attached hydrogens (tertiary/aromatic N) is 4. The number of anilines is 3. The van der Waals surface area contributed by atoms with E-state index in [4.69, 9.17) is 0 Å². The monoisotopic (exact) mass is 614 g/mol. The average Bonchev–Trinajstić information content (AvgIpc) is 3.39. The van der Waals surface area contributed by atoms with Crippen LogP contribution in [0.1, 0.15) is 34.5 Å². The zero-order chi connectivity index (χ0) is 30.1. The van der Waals surface area contributed by atoms with Crippen molar-refractivity contribution in [3.8, 4) is 0 Å². The summed E-state index contributed by atoms with van der Waals surface area (Å²) in [7, 11) is -2.08. The highest BCUT2D eigenvalue weighted by Crippen LogP contribution is 2.31. The van der Waals surface area contributed by atoms with Crippen LogP contribution in [-0.4, -0.2) is 92.6 Å². The van der Waals surface area contributed by atoms with Gasteiger partial charge in [-0.15, -0.1) is 0 Å². The lowest BCUT2D eigenvalue weighted by Gasteiger charge is -2.34. The number of carbonyl (C=O) groups is 1. The number of benzene rings is 2. The predicted octanol–water partition coefficient (Wildman–Crippen LogP) is 2.60. The second kappa shape index (κ2) is 12.2. The number of H-pyrrole nitrogens is 1. The zero-order valence-corrected chi connectivity index (χ0v) is 24.8. The Hall–Kier alpha value is -3.59. The Balaban J connectivity index is 1.24. The molecule has 2 aromatic carbocycles. The van der Waals surface area contributed by atoms with E-state index >= 15 is 0 Å². The minimum Gasteiger partial charge on any atom is -0.380 e. The van der Waals surface area contributed by atoms with Gasteiger partial charge in [-0.2, -0.15) is 9.40 Å². The molecular weight excluding hydrogens is 578 g/mol. The third-order valence-corrected chi connectivity index (χ3v) is 10.2. The molecule has 6 rings (SSSR count). The van der Waals surface area contributed by atoms with Crippen LogP contribution in [0.2, 0.25) is 0 Å². The molecule has 1 atom stereocenters. The Morgan fingerprint density at radius 1 is 1.05 bits per heavy atom. The summed E-state index contributed by atoms with van der Waals surface area (Å²) in [4.78, 5) is 17.9. The number of fused-ring (bicyclic) bond motifs is 1. The molecule has 2 fully saturated rings. The number of piperidine rings is 1. The minimum atomic E-state index is -4.19. The second-order valence-electron chi connectivity index (χ2n) is 11.4. The van der Waals surface area contributed by atoms with Crippen molar-refractivity contribution >= 4 is 33.1 Å². The molecule has 0 radical (unpaired) electrons. The van der Waals surface area contributed by atoms with E-state index in [1.54, 1.807) is 0 Å². The molecule has 3 aliphatic heterocycles. The highest BCUT2D eigenvalue weighted by Gasteiger charge is 2.32. The van der Waals surface area contributed by atoms with Crippen molar-refractivity contribution in [3.63, 3.8) is 0 Å². The number of aromatic nitrogens is 2. The largest absolute Gasteiger partial charge is 0.380 e. The Morgan fingerprint density at radius 3 is 2.53 bits per heavy atom. The molecule has 4 N–H and O–H groups in total. The maximum absolute atomic E-state index is 13.8. The van der Waals surface area contributed by atoms with E-state index in [0.29, 0.717) is 29.3 Å². The van der Waals surface area contributed by atoms with Crippen molar-refractivity contribution in [3.05, 3.63) is 64.9 Å². The summed E-state index contributed by atoms with van der Waals surface area (Å²) in [5.74, 6) is -2.10. The fourth-order valence-electron chi connectivity index (χ4n) is 5.89. The van der Waals surface area contributed by atoms with Gasteiger partial charge in [-0.05, 0) is 56.8 Å². The van der Waals surface area contributed by atoms with Crippen LogP contribution in [-0.2, 0) is 23.0 Å². The average molecular weight is 615 g/mol. The Kier molecular flexibility index (Phi) is 8.36. The van der Waals surface area contributed by atoms with Gasteiger partial charge in [0, 0.05) is 87.0 Å². The first-order valence-corrected chi connectivity index (χ1v) is 16.0. The maximum atomic E-state index is 13.8. The first kappa shape index (κ1) is 29.5. The second-order valence-corrected chi connectivity index (χ2v) is 13.3. The van der Waals surface area contributed by atoms with Crippen LogP contribution in [0.4, 0.5) is 26.0 Å². The van der Waals surface area contributed by atoms with Crippen molar-refractivity contribution in [1.29, 1.82) is 0 Å². The van der Waals surface area contributed by atoms with Crippen molar-refractivity contribution in [2.24, 2.45) is 0 Å². The molecule has 11 nitrogen and oxygen atoms in total. The topological polar surface area (TPSA) is 126 Å². The first-order valence-electron chi connectivity index (χ1n) is 14.6. The van der Waals surface area contributed by atoms with Gasteiger partial charge in [0.15, 0.2) is 5.82 Å². The number of likely N-dealkylation sites (N-methyl/N-ethyl adjacent to an activating group) is 1. The van der Waals surface area contributed by atoms with E-state index in [2.05, 4.69) is 43.0 Å². The van der Waals surface area contributed by atoms with Crippen LogP contribution in [0.15, 0.2) is 41.3 Å². The van der Waals surface area contributed by atoms with Gasteiger partial charge in [0.2, 0.25) is 10.0 Å². The summed E-state index contributed by atoms with van der Waals surface area (Å²) in [5, 5.41) is 17.1. The number of nitrogens with one attached hydrogen (secondary N) is 4. The van der Waals surface area contributed by atoms with Crippen molar-refractivity contribution in [2.45, 2.75) is 36.7 Å². The van der Waals surface area contributed by atoms with Gasteiger partial charge in [-0.1, -0.05) is 0 Å². The number of amides is 1. The molecule has 1 aromatic heterocycles. The lowest BCUT2D eigenvalue weighted by Crippen LogP contribution is -2.44. The van der Waals surface area contributed by atoms with Gasteiger partial charge in [-0.25, -0.2) is 17.2 Å². The Morgan fingerprint density at radius 2 is 1.81 bits per heavy atom. The van der Waals surface area contributed by atoms with Gasteiger partial charge in [0.25, 0.3) is 5.91 Å². The number of sulfonamides is 1. The molecule has 0 spiro atoms. The number of hydrogen-bond acceptors (Lipinski definition) is 8. The molecule has 0 saturated carbocycles.